The molecule has 0 radical (unpaired) electrons. The number of carbonyl (C=O) groups is 3. The number of rotatable bonds is 11. The van der Waals surface area contributed by atoms with Crippen molar-refractivity contribution in [3.8, 4) is 11.1 Å². The summed E-state index contributed by atoms with van der Waals surface area (Å²) >= 11 is 0. The Morgan fingerprint density at radius 3 is 2.08 bits per heavy atom. The van der Waals surface area contributed by atoms with Crippen molar-refractivity contribution >= 4 is 18.0 Å². The van der Waals surface area contributed by atoms with Gasteiger partial charge in [0, 0.05) is 5.92 Å². The highest BCUT2D eigenvalue weighted by Gasteiger charge is 2.35. The Morgan fingerprint density at radius 2 is 1.49 bits per heavy atom. The van der Waals surface area contributed by atoms with Crippen LogP contribution in [0.1, 0.15) is 36.5 Å². The van der Waals surface area contributed by atoms with Gasteiger partial charge in [-0.25, -0.2) is 9.59 Å². The molecular formula is C30H32N2O7. The Morgan fingerprint density at radius 1 is 0.923 bits per heavy atom. The largest absolute Gasteiger partial charge is 0.479 e. The molecule has 1 aliphatic rings. The van der Waals surface area contributed by atoms with Crippen molar-refractivity contribution in [3.63, 3.8) is 0 Å². The minimum atomic E-state index is -2.18. The molecule has 2 amide bonds. The van der Waals surface area contributed by atoms with Gasteiger partial charge >= 0.3 is 12.1 Å². The van der Waals surface area contributed by atoms with Gasteiger partial charge in [-0.15, -0.1) is 0 Å². The van der Waals surface area contributed by atoms with Gasteiger partial charge in [0.25, 0.3) is 0 Å². The molecule has 0 aliphatic heterocycles. The third-order valence-corrected chi connectivity index (χ3v) is 6.79. The summed E-state index contributed by atoms with van der Waals surface area (Å²) in [6, 6.07) is 24.0. The number of benzene rings is 3. The molecule has 0 spiro atoms. The maximum atomic E-state index is 13.0. The molecule has 9 nitrogen and oxygen atoms in total. The lowest BCUT2D eigenvalue weighted by molar-refractivity contribution is -0.156. The van der Waals surface area contributed by atoms with Crippen molar-refractivity contribution in [3.05, 3.63) is 95.6 Å². The quantitative estimate of drug-likeness (QED) is 0.297. The summed E-state index contributed by atoms with van der Waals surface area (Å²) in [7, 11) is 0. The number of aliphatic hydroxyl groups is 1. The molecule has 0 bridgehead atoms. The number of carboxylic acids is 1. The van der Waals surface area contributed by atoms with Gasteiger partial charge in [-0.05, 0) is 41.7 Å². The zero-order chi connectivity index (χ0) is 28.0. The van der Waals surface area contributed by atoms with E-state index in [-0.39, 0.29) is 19.1 Å². The molecule has 3 atom stereocenters. The van der Waals surface area contributed by atoms with E-state index in [9.17, 15) is 19.5 Å². The first-order valence-electron chi connectivity index (χ1n) is 12.7. The van der Waals surface area contributed by atoms with E-state index < -0.39 is 42.3 Å². The lowest BCUT2D eigenvalue weighted by Crippen LogP contribution is -2.56. The third kappa shape index (κ3) is 6.63. The van der Waals surface area contributed by atoms with E-state index in [0.29, 0.717) is 0 Å². The summed E-state index contributed by atoms with van der Waals surface area (Å²) in [5.41, 5.74) is 2.98. The number of carboxylic acid groups (broad SMARTS) is 1. The van der Waals surface area contributed by atoms with Crippen LogP contribution in [0.2, 0.25) is 0 Å². The number of aliphatic carboxylic acids is 1. The van der Waals surface area contributed by atoms with E-state index in [1.807, 2.05) is 78.9 Å². The van der Waals surface area contributed by atoms with Gasteiger partial charge in [0.05, 0.1) is 19.3 Å². The van der Waals surface area contributed by atoms with E-state index in [0.717, 1.165) is 34.7 Å². The topological polar surface area (TPSA) is 134 Å². The van der Waals surface area contributed by atoms with Gasteiger partial charge in [-0.1, -0.05) is 78.9 Å². The molecule has 9 heteroatoms. The molecule has 0 aromatic heterocycles. The van der Waals surface area contributed by atoms with E-state index >= 15 is 0 Å². The van der Waals surface area contributed by atoms with Crippen molar-refractivity contribution in [2.75, 3.05) is 13.2 Å². The van der Waals surface area contributed by atoms with Crippen LogP contribution in [0.15, 0.2) is 78.9 Å². The third-order valence-electron chi connectivity index (χ3n) is 6.79. The van der Waals surface area contributed by atoms with Crippen LogP contribution < -0.4 is 10.6 Å². The summed E-state index contributed by atoms with van der Waals surface area (Å²) in [6.07, 6.45) is -1.63. The molecule has 4 N–H and O–H groups in total. The highest BCUT2D eigenvalue weighted by Crippen LogP contribution is 2.44. The predicted molar refractivity (Wildman–Crippen MR) is 144 cm³/mol. The number of hydrogen-bond acceptors (Lipinski definition) is 6. The molecule has 4 rings (SSSR count). The standard InChI is InChI=1S/C30H32N2O7/c1-19(38-16-20-10-4-3-5-11-20)26(27(33)31-18-30(2,37)28(34)35)32-29(36)39-17-25-23-14-8-6-12-21(23)22-13-7-9-15-24(22)25/h3-15,19,25-26,37H,16-18H2,1-2H3,(H,31,33)(H,32,36)(H,34,35). The van der Waals surface area contributed by atoms with E-state index in [1.165, 1.54) is 0 Å². The molecule has 3 aromatic carbocycles. The number of nitrogens with one attached hydrogen (secondary N) is 2. The summed E-state index contributed by atoms with van der Waals surface area (Å²) in [6.45, 7) is 2.37. The second-order valence-electron chi connectivity index (χ2n) is 9.75. The normalized spacial score (nSPS) is 15.3. The maximum Gasteiger partial charge on any atom is 0.407 e. The maximum absolute atomic E-state index is 13.0. The van der Waals surface area contributed by atoms with Crippen LogP contribution in [-0.4, -0.2) is 59.1 Å². The summed E-state index contributed by atoms with van der Waals surface area (Å²) in [5.74, 6) is -2.37. The lowest BCUT2D eigenvalue weighted by atomic mass is 9.98. The molecule has 1 aliphatic carbocycles. The van der Waals surface area contributed by atoms with E-state index in [1.54, 1.807) is 6.92 Å². The first-order chi connectivity index (χ1) is 18.7. The second kappa shape index (κ2) is 12.1. The van der Waals surface area contributed by atoms with Crippen molar-refractivity contribution < 1.29 is 34.1 Å². The van der Waals surface area contributed by atoms with Crippen LogP contribution in [0.3, 0.4) is 0 Å². The minimum absolute atomic E-state index is 0.0567. The number of ether oxygens (including phenoxy) is 2. The fraction of sp³-hybridized carbons (Fsp3) is 0.300. The Bertz CT molecular complexity index is 1280. The van der Waals surface area contributed by atoms with E-state index in [2.05, 4.69) is 10.6 Å². The second-order valence-corrected chi connectivity index (χ2v) is 9.75. The summed E-state index contributed by atoms with van der Waals surface area (Å²) < 4.78 is 11.4. The van der Waals surface area contributed by atoms with Gasteiger partial charge in [0.1, 0.15) is 12.6 Å². The van der Waals surface area contributed by atoms with Gasteiger partial charge in [-0.2, -0.15) is 0 Å². The highest BCUT2D eigenvalue weighted by atomic mass is 16.5. The van der Waals surface area contributed by atoms with Crippen LogP contribution >= 0.6 is 0 Å². The van der Waals surface area contributed by atoms with Crippen molar-refractivity contribution in [1.29, 1.82) is 0 Å². The van der Waals surface area contributed by atoms with Gasteiger partial charge < -0.3 is 30.3 Å². The molecule has 204 valence electrons. The Hall–Kier alpha value is -4.21. The van der Waals surface area contributed by atoms with Crippen LogP contribution in [0, 0.1) is 0 Å². The van der Waals surface area contributed by atoms with Crippen LogP contribution in [0.4, 0.5) is 4.79 Å². The Kier molecular flexibility index (Phi) is 8.63. The molecular weight excluding hydrogens is 500 g/mol. The summed E-state index contributed by atoms with van der Waals surface area (Å²) in [4.78, 5) is 37.2. The van der Waals surface area contributed by atoms with Crippen molar-refractivity contribution in [1.82, 2.24) is 10.6 Å². The van der Waals surface area contributed by atoms with Crippen molar-refractivity contribution in [2.45, 2.75) is 44.1 Å². The molecule has 3 unspecified atom stereocenters. The fourth-order valence-corrected chi connectivity index (χ4v) is 4.51. The van der Waals surface area contributed by atoms with Gasteiger partial charge in [0.15, 0.2) is 5.60 Å². The Labute approximate surface area is 226 Å². The zero-order valence-corrected chi connectivity index (χ0v) is 21.8. The average molecular weight is 533 g/mol. The predicted octanol–water partition coefficient (Wildman–Crippen LogP) is 3.45. The molecule has 0 heterocycles. The molecule has 0 saturated heterocycles. The summed E-state index contributed by atoms with van der Waals surface area (Å²) in [5, 5.41) is 24.1. The molecule has 0 saturated carbocycles. The number of carbonyl (C=O) groups excluding carboxylic acids is 2. The Balaban J connectivity index is 1.43. The first kappa shape index (κ1) is 27.8. The fourth-order valence-electron chi connectivity index (χ4n) is 4.51. The average Bonchev–Trinajstić information content (AvgIpc) is 3.26. The van der Waals surface area contributed by atoms with Gasteiger partial charge in [-0.3, -0.25) is 4.79 Å². The minimum Gasteiger partial charge on any atom is -0.479 e. The zero-order valence-electron chi connectivity index (χ0n) is 21.8. The number of hydrogen-bond donors (Lipinski definition) is 4. The molecule has 3 aromatic rings. The van der Waals surface area contributed by atoms with Gasteiger partial charge in [0.2, 0.25) is 5.91 Å². The molecule has 39 heavy (non-hydrogen) atoms. The van der Waals surface area contributed by atoms with Crippen LogP contribution in [-0.2, 0) is 25.7 Å². The monoisotopic (exact) mass is 532 g/mol. The number of amides is 2. The smallest absolute Gasteiger partial charge is 0.407 e. The van der Waals surface area contributed by atoms with Crippen LogP contribution in [0.25, 0.3) is 11.1 Å². The first-order valence-corrected chi connectivity index (χ1v) is 12.7. The highest BCUT2D eigenvalue weighted by molar-refractivity contribution is 5.87. The van der Waals surface area contributed by atoms with Crippen molar-refractivity contribution in [2.24, 2.45) is 0 Å². The number of fused-ring (bicyclic) bond motifs is 3. The molecule has 0 fully saturated rings. The SMILES string of the molecule is CC(OCc1ccccc1)C(NC(=O)OCC1c2ccccc2-c2ccccc21)C(=O)NCC(C)(O)C(=O)O. The number of alkyl carbamates (subject to hydrolysis) is 1. The van der Waals surface area contributed by atoms with E-state index in [4.69, 9.17) is 14.6 Å². The van der Waals surface area contributed by atoms with Crippen LogP contribution in [0.5, 0.6) is 0 Å². The lowest BCUT2D eigenvalue weighted by Gasteiger charge is -2.26.